The van der Waals surface area contributed by atoms with Gasteiger partial charge in [-0.3, -0.25) is 37.3 Å². The summed E-state index contributed by atoms with van der Waals surface area (Å²) in [4.78, 5) is 72.4. The van der Waals surface area contributed by atoms with Crippen LogP contribution in [0.4, 0.5) is 0 Å². The normalized spacial score (nSPS) is 14.3. The van der Waals surface area contributed by atoms with Gasteiger partial charge in [0.25, 0.3) is 0 Å². The third-order valence-corrected chi connectivity index (χ3v) is 17.7. The van der Waals surface area contributed by atoms with E-state index >= 15 is 0 Å². The van der Waals surface area contributed by atoms with Crippen LogP contribution in [0, 0.1) is 23.7 Å². The molecule has 0 bridgehead atoms. The van der Waals surface area contributed by atoms with Gasteiger partial charge in [-0.05, 0) is 49.4 Å². The number of hydrogen-bond acceptors (Lipinski definition) is 15. The van der Waals surface area contributed by atoms with E-state index in [9.17, 15) is 43.2 Å². The molecule has 0 aromatic heterocycles. The first-order valence-electron chi connectivity index (χ1n) is 35.7. The van der Waals surface area contributed by atoms with E-state index < -0.39 is 97.5 Å². The molecule has 0 saturated carbocycles. The largest absolute Gasteiger partial charge is 0.472 e. The molecule has 5 atom stereocenters. The van der Waals surface area contributed by atoms with Gasteiger partial charge < -0.3 is 33.8 Å². The Morgan fingerprint density at radius 2 is 0.477 bits per heavy atom. The summed E-state index contributed by atoms with van der Waals surface area (Å²) in [6.45, 7) is 14.0. The summed E-state index contributed by atoms with van der Waals surface area (Å²) in [6.07, 6.45) is 40.5. The van der Waals surface area contributed by atoms with Crippen molar-refractivity contribution in [2.45, 2.75) is 356 Å². The van der Waals surface area contributed by atoms with Gasteiger partial charge in [0.1, 0.15) is 19.3 Å². The minimum Gasteiger partial charge on any atom is -0.462 e. The molecule has 0 radical (unpaired) electrons. The molecule has 0 aliphatic heterocycles. The highest BCUT2D eigenvalue weighted by Crippen LogP contribution is 2.45. The van der Waals surface area contributed by atoms with Gasteiger partial charge in [0.05, 0.1) is 26.4 Å². The second kappa shape index (κ2) is 58.8. The van der Waals surface area contributed by atoms with Crippen LogP contribution in [0.2, 0.25) is 0 Å². The molecule has 0 aliphatic carbocycles. The van der Waals surface area contributed by atoms with E-state index in [0.717, 1.165) is 115 Å². The summed E-state index contributed by atoms with van der Waals surface area (Å²) in [6, 6.07) is 0. The molecule has 0 fully saturated rings. The molecule has 0 aliphatic rings. The zero-order valence-electron chi connectivity index (χ0n) is 57.3. The van der Waals surface area contributed by atoms with E-state index in [1.54, 1.807) is 0 Å². The predicted octanol–water partition coefficient (Wildman–Crippen LogP) is 19.3. The third kappa shape index (κ3) is 62.8. The first-order chi connectivity index (χ1) is 42.1. The molecule has 0 aromatic carbocycles. The fourth-order valence-corrected chi connectivity index (χ4v) is 11.9. The summed E-state index contributed by atoms with van der Waals surface area (Å²) < 4.78 is 68.2. The van der Waals surface area contributed by atoms with Gasteiger partial charge >= 0.3 is 39.5 Å². The number of rotatable bonds is 66. The number of hydrogen-bond donors (Lipinski definition) is 3. The lowest BCUT2D eigenvalue weighted by Crippen LogP contribution is -2.30. The molecule has 0 amide bonds. The molecule has 0 heterocycles. The van der Waals surface area contributed by atoms with Crippen molar-refractivity contribution in [3.8, 4) is 0 Å². The van der Waals surface area contributed by atoms with E-state index in [2.05, 4.69) is 55.4 Å². The number of unbranched alkanes of at least 4 members (excludes halogenated alkanes) is 32. The summed E-state index contributed by atoms with van der Waals surface area (Å²) in [5.41, 5.74) is 0. The van der Waals surface area contributed by atoms with E-state index in [1.807, 2.05) is 0 Å². The van der Waals surface area contributed by atoms with Crippen molar-refractivity contribution in [3.63, 3.8) is 0 Å². The van der Waals surface area contributed by atoms with Gasteiger partial charge in [-0.15, -0.1) is 0 Å². The van der Waals surface area contributed by atoms with Gasteiger partial charge in [-0.25, -0.2) is 9.13 Å². The Hall–Kier alpha value is -1.94. The van der Waals surface area contributed by atoms with E-state index in [-0.39, 0.29) is 25.7 Å². The number of ether oxygens (including phenoxy) is 4. The quantitative estimate of drug-likeness (QED) is 0.0222. The van der Waals surface area contributed by atoms with Crippen LogP contribution in [-0.4, -0.2) is 96.7 Å². The summed E-state index contributed by atoms with van der Waals surface area (Å²) in [5, 5.41) is 10.6. The maximum Gasteiger partial charge on any atom is 0.472 e. The van der Waals surface area contributed by atoms with Crippen molar-refractivity contribution >= 4 is 39.5 Å². The Balaban J connectivity index is 5.22. The summed E-state index contributed by atoms with van der Waals surface area (Å²) in [7, 11) is -9.90. The van der Waals surface area contributed by atoms with Crippen LogP contribution >= 0.6 is 15.6 Å². The van der Waals surface area contributed by atoms with Crippen LogP contribution in [0.1, 0.15) is 338 Å². The second-order valence-electron chi connectivity index (χ2n) is 26.8. The van der Waals surface area contributed by atoms with Crippen LogP contribution in [0.3, 0.4) is 0 Å². The minimum atomic E-state index is -4.95. The molecule has 0 rings (SSSR count). The van der Waals surface area contributed by atoms with Crippen molar-refractivity contribution < 1.29 is 80.2 Å². The standard InChI is InChI=1S/C69H134O17P2/c1-59(2)45-37-29-21-15-13-11-9-10-12-14-16-25-35-43-51-68(73)85-64(55-79-66(71)49-41-33-27-19-23-31-39-47-61(5)6)57-83-87(75,76)81-53-63(70)54-82-88(77,78)84-58-65(56-80-67(72)50-42-34-28-20-24-32-40-48-62(7)8)86-69(74)52-44-36-26-18-17-22-30-38-46-60(3)4/h59-65,70H,9-58H2,1-8H3,(H,75,76)(H,77,78)/t63?,64-,65-/m1/s1. The van der Waals surface area contributed by atoms with Gasteiger partial charge in [0, 0.05) is 25.7 Å². The molecule has 0 saturated heterocycles. The highest BCUT2D eigenvalue weighted by molar-refractivity contribution is 7.47. The maximum atomic E-state index is 13.0. The molecular formula is C69H134O17P2. The van der Waals surface area contributed by atoms with Crippen molar-refractivity contribution in [2.75, 3.05) is 39.6 Å². The predicted molar refractivity (Wildman–Crippen MR) is 354 cm³/mol. The van der Waals surface area contributed by atoms with Crippen LogP contribution in [0.5, 0.6) is 0 Å². The van der Waals surface area contributed by atoms with Crippen LogP contribution in [0.15, 0.2) is 0 Å². The van der Waals surface area contributed by atoms with Gasteiger partial charge in [-0.2, -0.15) is 0 Å². The van der Waals surface area contributed by atoms with Gasteiger partial charge in [0.2, 0.25) is 0 Å². The fraction of sp³-hybridized carbons (Fsp3) is 0.942. The Labute approximate surface area is 537 Å². The average Bonchev–Trinajstić information content (AvgIpc) is 3.58. The molecule has 3 N–H and O–H groups in total. The summed E-state index contributed by atoms with van der Waals surface area (Å²) >= 11 is 0. The average molecular weight is 1300 g/mol. The van der Waals surface area contributed by atoms with Gasteiger partial charge in [0.15, 0.2) is 12.2 Å². The Bertz CT molecular complexity index is 1750. The molecule has 522 valence electrons. The molecule has 19 heteroatoms. The number of phosphoric acid groups is 2. The molecule has 17 nitrogen and oxygen atoms in total. The number of aliphatic hydroxyl groups is 1. The fourth-order valence-electron chi connectivity index (χ4n) is 10.3. The zero-order valence-corrected chi connectivity index (χ0v) is 59.1. The first kappa shape index (κ1) is 86.1. The van der Waals surface area contributed by atoms with Gasteiger partial charge in [-0.1, -0.05) is 287 Å². The zero-order chi connectivity index (χ0) is 65.4. The smallest absolute Gasteiger partial charge is 0.462 e. The van der Waals surface area contributed by atoms with Crippen LogP contribution in [-0.2, 0) is 65.4 Å². The van der Waals surface area contributed by atoms with Crippen molar-refractivity contribution in [1.29, 1.82) is 0 Å². The minimum absolute atomic E-state index is 0.103. The lowest BCUT2D eigenvalue weighted by atomic mass is 10.0. The summed E-state index contributed by atoms with van der Waals surface area (Å²) in [5.74, 6) is 0.790. The Morgan fingerprint density at radius 1 is 0.284 bits per heavy atom. The van der Waals surface area contributed by atoms with Crippen LogP contribution in [0.25, 0.3) is 0 Å². The third-order valence-electron chi connectivity index (χ3n) is 15.8. The van der Waals surface area contributed by atoms with Crippen molar-refractivity contribution in [3.05, 3.63) is 0 Å². The number of carbonyl (C=O) groups excluding carboxylic acids is 4. The molecule has 0 spiro atoms. The number of carbonyl (C=O) groups is 4. The maximum absolute atomic E-state index is 13.0. The second-order valence-corrected chi connectivity index (χ2v) is 29.7. The molecule has 3 unspecified atom stereocenters. The number of phosphoric ester groups is 2. The van der Waals surface area contributed by atoms with Crippen LogP contribution < -0.4 is 0 Å². The monoisotopic (exact) mass is 1300 g/mol. The van der Waals surface area contributed by atoms with Crippen molar-refractivity contribution in [1.82, 2.24) is 0 Å². The lowest BCUT2D eigenvalue weighted by Gasteiger charge is -2.21. The first-order valence-corrected chi connectivity index (χ1v) is 38.7. The Morgan fingerprint density at radius 3 is 0.705 bits per heavy atom. The van der Waals surface area contributed by atoms with E-state index in [4.69, 9.17) is 37.0 Å². The Kier molecular flexibility index (Phi) is 57.6. The van der Waals surface area contributed by atoms with E-state index in [1.165, 1.54) is 128 Å². The topological polar surface area (TPSA) is 237 Å². The molecular weight excluding hydrogens is 1160 g/mol. The number of esters is 4. The lowest BCUT2D eigenvalue weighted by molar-refractivity contribution is -0.161. The van der Waals surface area contributed by atoms with E-state index in [0.29, 0.717) is 37.5 Å². The highest BCUT2D eigenvalue weighted by atomic mass is 31.2. The number of aliphatic hydroxyl groups excluding tert-OH is 1. The highest BCUT2D eigenvalue weighted by Gasteiger charge is 2.30. The molecule has 88 heavy (non-hydrogen) atoms. The molecule has 0 aromatic rings. The SMILES string of the molecule is CC(C)CCCCCCCCCCCCCCCCC(=O)O[C@H](COC(=O)CCCCCCCCCC(C)C)COP(=O)(O)OCC(O)COP(=O)(O)OC[C@@H](COC(=O)CCCCCCCCCC(C)C)OC(=O)CCCCCCCCCCC(C)C. The van der Waals surface area contributed by atoms with Crippen molar-refractivity contribution in [2.24, 2.45) is 23.7 Å².